The van der Waals surface area contributed by atoms with Crippen LogP contribution >= 0.6 is 23.4 Å². The van der Waals surface area contributed by atoms with Crippen LogP contribution in [0.2, 0.25) is 5.02 Å². The molecule has 0 unspecified atom stereocenters. The quantitative estimate of drug-likeness (QED) is 0.464. The Morgan fingerprint density at radius 2 is 1.80 bits per heavy atom. The predicted octanol–water partition coefficient (Wildman–Crippen LogP) is 5.18. The maximum Gasteiger partial charge on any atom is 0.126 e. The van der Waals surface area contributed by atoms with Crippen molar-refractivity contribution >= 4 is 29.1 Å². The Bertz CT molecular complexity index is 984. The van der Waals surface area contributed by atoms with Gasteiger partial charge < -0.3 is 0 Å². The Balaban J connectivity index is 2.03. The molecule has 0 spiro atoms. The van der Waals surface area contributed by atoms with Gasteiger partial charge in [-0.1, -0.05) is 48.0 Å². The highest BCUT2D eigenvalue weighted by Crippen LogP contribution is 2.38. The molecular formula is C20H16ClN3S. The molecule has 1 aliphatic heterocycles. The highest BCUT2D eigenvalue weighted by atomic mass is 35.5. The van der Waals surface area contributed by atoms with Crippen molar-refractivity contribution in [1.82, 2.24) is 9.97 Å². The van der Waals surface area contributed by atoms with Crippen LogP contribution in [-0.2, 0) is 6.54 Å². The molecule has 0 saturated carbocycles. The van der Waals surface area contributed by atoms with Crippen molar-refractivity contribution < 1.29 is 0 Å². The number of fused-ring (bicyclic) bond motifs is 3. The number of hydrogen-bond donors (Lipinski definition) is 0. The van der Waals surface area contributed by atoms with E-state index in [1.54, 1.807) is 11.8 Å². The molecule has 4 rings (SSSR count). The number of rotatable bonds is 2. The number of halogens is 1. The first kappa shape index (κ1) is 16.3. The van der Waals surface area contributed by atoms with Crippen LogP contribution < -0.4 is 0 Å². The topological polar surface area (TPSA) is 38.1 Å². The van der Waals surface area contributed by atoms with Gasteiger partial charge in [-0.3, -0.25) is 4.99 Å². The molecule has 0 atom stereocenters. The summed E-state index contributed by atoms with van der Waals surface area (Å²) in [5, 5.41) is 1.68. The van der Waals surface area contributed by atoms with Gasteiger partial charge in [0, 0.05) is 21.7 Å². The van der Waals surface area contributed by atoms with E-state index in [9.17, 15) is 0 Å². The Morgan fingerprint density at radius 3 is 2.56 bits per heavy atom. The molecule has 0 saturated heterocycles. The van der Waals surface area contributed by atoms with Gasteiger partial charge in [0.2, 0.25) is 0 Å². The van der Waals surface area contributed by atoms with Crippen molar-refractivity contribution in [3.8, 4) is 11.1 Å². The second-order valence-electron chi connectivity index (χ2n) is 5.82. The minimum atomic E-state index is 0.531. The number of thioether (sulfide) groups is 1. The summed E-state index contributed by atoms with van der Waals surface area (Å²) in [6.07, 6.45) is 2.04. The van der Waals surface area contributed by atoms with Crippen LogP contribution in [0, 0.1) is 6.92 Å². The molecule has 0 fully saturated rings. The van der Waals surface area contributed by atoms with E-state index in [0.717, 1.165) is 44.5 Å². The molecule has 0 N–H and O–H groups in total. The van der Waals surface area contributed by atoms with Crippen LogP contribution in [-0.4, -0.2) is 21.9 Å². The monoisotopic (exact) mass is 365 g/mol. The molecular weight excluding hydrogens is 350 g/mol. The molecule has 2 aromatic carbocycles. The summed E-state index contributed by atoms with van der Waals surface area (Å²) in [6, 6.07) is 16.2. The average Bonchev–Trinajstić information content (AvgIpc) is 2.78. The van der Waals surface area contributed by atoms with E-state index in [-0.39, 0.29) is 0 Å². The van der Waals surface area contributed by atoms with Gasteiger partial charge in [0.1, 0.15) is 10.9 Å². The fraction of sp³-hybridized carbons (Fsp3) is 0.150. The summed E-state index contributed by atoms with van der Waals surface area (Å²) < 4.78 is 0. The molecule has 3 aromatic rings. The third-order valence-electron chi connectivity index (χ3n) is 4.20. The molecule has 5 heteroatoms. The molecule has 0 aliphatic carbocycles. The lowest BCUT2D eigenvalue weighted by atomic mass is 9.94. The number of aliphatic imine (C=N–C) groups is 1. The van der Waals surface area contributed by atoms with Crippen LogP contribution in [0.1, 0.15) is 22.6 Å². The highest BCUT2D eigenvalue weighted by molar-refractivity contribution is 7.98. The lowest BCUT2D eigenvalue weighted by Crippen LogP contribution is -2.04. The molecule has 124 valence electrons. The van der Waals surface area contributed by atoms with Crippen LogP contribution in [0.25, 0.3) is 11.1 Å². The molecule has 1 aliphatic rings. The van der Waals surface area contributed by atoms with E-state index in [2.05, 4.69) is 28.2 Å². The predicted molar refractivity (Wildman–Crippen MR) is 105 cm³/mol. The third-order valence-corrected chi connectivity index (χ3v) is 5.11. The SMILES string of the molecule is CSc1nc(C)nc2c1-c1ccc(Cl)cc1C(c1ccccc1)=NC2. The zero-order chi connectivity index (χ0) is 17.4. The fourth-order valence-electron chi connectivity index (χ4n) is 3.15. The van der Waals surface area contributed by atoms with E-state index in [1.807, 2.05) is 43.5 Å². The molecule has 0 amide bonds. The van der Waals surface area contributed by atoms with Crippen molar-refractivity contribution in [2.75, 3.05) is 6.26 Å². The van der Waals surface area contributed by atoms with Crippen LogP contribution in [0.3, 0.4) is 0 Å². The smallest absolute Gasteiger partial charge is 0.126 e. The van der Waals surface area contributed by atoms with Gasteiger partial charge in [0.05, 0.1) is 18.0 Å². The van der Waals surface area contributed by atoms with E-state index in [4.69, 9.17) is 16.6 Å². The summed E-state index contributed by atoms with van der Waals surface area (Å²) in [4.78, 5) is 14.2. The maximum absolute atomic E-state index is 6.32. The normalized spacial score (nSPS) is 12.8. The first-order valence-corrected chi connectivity index (χ1v) is 9.59. The zero-order valence-corrected chi connectivity index (χ0v) is 15.5. The van der Waals surface area contributed by atoms with E-state index in [0.29, 0.717) is 11.6 Å². The number of hydrogen-bond acceptors (Lipinski definition) is 4. The van der Waals surface area contributed by atoms with Crippen molar-refractivity contribution in [3.63, 3.8) is 0 Å². The number of nitrogens with zero attached hydrogens (tertiary/aromatic N) is 3. The minimum absolute atomic E-state index is 0.531. The Morgan fingerprint density at radius 1 is 1.00 bits per heavy atom. The standard InChI is InChI=1S/C20H16ClN3S/c1-12-23-17-11-22-19(13-6-4-3-5-7-13)16-10-14(21)8-9-15(16)18(17)20(24-12)25-2/h3-10H,11H2,1-2H3. The van der Waals surface area contributed by atoms with Crippen molar-refractivity contribution in [2.24, 2.45) is 4.99 Å². The van der Waals surface area contributed by atoms with Gasteiger partial charge in [-0.2, -0.15) is 0 Å². The van der Waals surface area contributed by atoms with E-state index < -0.39 is 0 Å². The first-order chi connectivity index (χ1) is 12.2. The average molecular weight is 366 g/mol. The van der Waals surface area contributed by atoms with Gasteiger partial charge in [-0.25, -0.2) is 9.97 Å². The fourth-order valence-corrected chi connectivity index (χ4v) is 3.97. The molecule has 0 bridgehead atoms. The van der Waals surface area contributed by atoms with E-state index >= 15 is 0 Å². The lowest BCUT2D eigenvalue weighted by molar-refractivity contribution is 0.892. The summed E-state index contributed by atoms with van der Waals surface area (Å²) in [5.41, 5.74) is 6.17. The summed E-state index contributed by atoms with van der Waals surface area (Å²) in [5.74, 6) is 0.775. The van der Waals surface area contributed by atoms with Crippen LogP contribution in [0.4, 0.5) is 0 Å². The Kier molecular flexibility index (Phi) is 4.32. The molecule has 2 heterocycles. The van der Waals surface area contributed by atoms with Crippen molar-refractivity contribution in [3.05, 3.63) is 76.2 Å². The number of benzene rings is 2. The molecule has 3 nitrogen and oxygen atoms in total. The van der Waals surface area contributed by atoms with Gasteiger partial charge in [0.25, 0.3) is 0 Å². The number of aromatic nitrogens is 2. The second kappa shape index (κ2) is 6.62. The molecule has 0 radical (unpaired) electrons. The summed E-state index contributed by atoms with van der Waals surface area (Å²) >= 11 is 7.95. The van der Waals surface area contributed by atoms with Gasteiger partial charge in [0.15, 0.2) is 0 Å². The Hall–Kier alpha value is -2.17. The first-order valence-electron chi connectivity index (χ1n) is 7.99. The largest absolute Gasteiger partial charge is 0.278 e. The molecule has 1 aromatic heterocycles. The van der Waals surface area contributed by atoms with E-state index in [1.165, 1.54) is 0 Å². The number of aryl methyl sites for hydroxylation is 1. The van der Waals surface area contributed by atoms with Gasteiger partial charge in [-0.05, 0) is 30.9 Å². The van der Waals surface area contributed by atoms with Crippen LogP contribution in [0.15, 0.2) is 58.5 Å². The summed E-state index contributed by atoms with van der Waals surface area (Å²) in [6.45, 7) is 2.46. The summed E-state index contributed by atoms with van der Waals surface area (Å²) in [7, 11) is 0. The zero-order valence-electron chi connectivity index (χ0n) is 14.0. The minimum Gasteiger partial charge on any atom is -0.278 e. The van der Waals surface area contributed by atoms with Crippen molar-refractivity contribution in [1.29, 1.82) is 0 Å². The third kappa shape index (κ3) is 2.96. The van der Waals surface area contributed by atoms with Gasteiger partial charge in [-0.15, -0.1) is 11.8 Å². The van der Waals surface area contributed by atoms with Crippen molar-refractivity contribution in [2.45, 2.75) is 18.5 Å². The van der Waals surface area contributed by atoms with Crippen LogP contribution in [0.5, 0.6) is 0 Å². The maximum atomic E-state index is 6.32. The molecule has 25 heavy (non-hydrogen) atoms. The lowest BCUT2D eigenvalue weighted by Gasteiger charge is -2.14. The highest BCUT2D eigenvalue weighted by Gasteiger charge is 2.23. The second-order valence-corrected chi connectivity index (χ2v) is 7.05. The van der Waals surface area contributed by atoms with Gasteiger partial charge >= 0.3 is 0 Å². The Labute approximate surface area is 156 Å².